The molecule has 5 heteroatoms. The van der Waals surface area contributed by atoms with Gasteiger partial charge in [-0.2, -0.15) is 0 Å². The molecular formula is C19H26N2O2S. The van der Waals surface area contributed by atoms with Crippen LogP contribution in [0.1, 0.15) is 39.0 Å². The smallest absolute Gasteiger partial charge is 0.227 e. The van der Waals surface area contributed by atoms with Crippen molar-refractivity contribution in [2.24, 2.45) is 11.8 Å². The molecule has 0 unspecified atom stereocenters. The average molecular weight is 346 g/mol. The highest BCUT2D eigenvalue weighted by Gasteiger charge is 2.36. The van der Waals surface area contributed by atoms with Crippen LogP contribution in [0.2, 0.25) is 0 Å². The summed E-state index contributed by atoms with van der Waals surface area (Å²) in [7, 11) is 0. The molecule has 1 aliphatic heterocycles. The molecule has 4 nitrogen and oxygen atoms in total. The Balaban J connectivity index is 1.64. The third kappa shape index (κ3) is 3.77. The molecule has 1 heterocycles. The van der Waals surface area contributed by atoms with Gasteiger partial charge in [0.15, 0.2) is 0 Å². The maximum absolute atomic E-state index is 12.6. The Morgan fingerprint density at radius 3 is 2.83 bits per heavy atom. The number of thioether (sulfide) groups is 1. The topological polar surface area (TPSA) is 49.4 Å². The molecule has 0 radical (unpaired) electrons. The monoisotopic (exact) mass is 346 g/mol. The third-order valence-corrected chi connectivity index (χ3v) is 6.03. The van der Waals surface area contributed by atoms with Gasteiger partial charge in [-0.05, 0) is 43.2 Å². The number of rotatable bonds is 4. The first-order valence-corrected chi connectivity index (χ1v) is 10.1. The van der Waals surface area contributed by atoms with Crippen LogP contribution < -0.4 is 10.2 Å². The fourth-order valence-electron chi connectivity index (χ4n) is 3.74. The van der Waals surface area contributed by atoms with E-state index in [-0.39, 0.29) is 23.8 Å². The zero-order valence-electron chi connectivity index (χ0n) is 14.5. The van der Waals surface area contributed by atoms with Gasteiger partial charge in [0.1, 0.15) is 0 Å². The number of nitrogens with zero attached hydrogens (tertiary/aromatic N) is 1. The predicted molar refractivity (Wildman–Crippen MR) is 98.2 cm³/mol. The van der Waals surface area contributed by atoms with E-state index in [1.807, 2.05) is 30.5 Å². The summed E-state index contributed by atoms with van der Waals surface area (Å²) in [6.07, 6.45) is 7.03. The van der Waals surface area contributed by atoms with Crippen molar-refractivity contribution in [1.29, 1.82) is 0 Å². The van der Waals surface area contributed by atoms with Crippen molar-refractivity contribution in [3.63, 3.8) is 0 Å². The summed E-state index contributed by atoms with van der Waals surface area (Å²) in [6, 6.07) is 8.23. The van der Waals surface area contributed by atoms with Gasteiger partial charge < -0.3 is 10.2 Å². The maximum atomic E-state index is 12.6. The number of amides is 2. The minimum absolute atomic E-state index is 0.0464. The highest BCUT2D eigenvalue weighted by Crippen LogP contribution is 2.29. The van der Waals surface area contributed by atoms with Crippen LogP contribution in [0.3, 0.4) is 0 Å². The number of benzene rings is 1. The van der Waals surface area contributed by atoms with Crippen molar-refractivity contribution < 1.29 is 9.59 Å². The number of nitrogens with one attached hydrogen (secondary N) is 1. The quantitative estimate of drug-likeness (QED) is 0.850. The number of carbonyl (C=O) groups is 2. The van der Waals surface area contributed by atoms with E-state index in [4.69, 9.17) is 0 Å². The molecule has 1 N–H and O–H groups in total. The Morgan fingerprint density at radius 2 is 2.08 bits per heavy atom. The third-order valence-electron chi connectivity index (χ3n) is 5.30. The summed E-state index contributed by atoms with van der Waals surface area (Å²) in [5, 5.41) is 3.20. The van der Waals surface area contributed by atoms with Crippen molar-refractivity contribution in [2.45, 2.75) is 50.0 Å². The van der Waals surface area contributed by atoms with Crippen LogP contribution in [-0.2, 0) is 9.59 Å². The van der Waals surface area contributed by atoms with Gasteiger partial charge in [-0.15, -0.1) is 11.8 Å². The zero-order chi connectivity index (χ0) is 17.1. The van der Waals surface area contributed by atoms with Gasteiger partial charge in [0.25, 0.3) is 0 Å². The fraction of sp³-hybridized carbons (Fsp3) is 0.579. The molecule has 2 fully saturated rings. The van der Waals surface area contributed by atoms with E-state index in [1.165, 1.54) is 19.3 Å². The van der Waals surface area contributed by atoms with Gasteiger partial charge in [-0.25, -0.2) is 0 Å². The maximum Gasteiger partial charge on any atom is 0.227 e. The lowest BCUT2D eigenvalue weighted by Crippen LogP contribution is -2.44. The minimum Gasteiger partial charge on any atom is -0.353 e. The summed E-state index contributed by atoms with van der Waals surface area (Å²) >= 11 is 1.66. The second kappa shape index (κ2) is 7.60. The minimum atomic E-state index is -0.232. The van der Waals surface area contributed by atoms with Crippen molar-refractivity contribution >= 4 is 29.3 Å². The molecule has 1 aliphatic carbocycles. The van der Waals surface area contributed by atoms with Crippen LogP contribution in [0.25, 0.3) is 0 Å². The van der Waals surface area contributed by atoms with E-state index >= 15 is 0 Å². The van der Waals surface area contributed by atoms with Crippen molar-refractivity contribution in [1.82, 2.24) is 5.32 Å². The number of anilines is 1. The number of hydrogen-bond acceptors (Lipinski definition) is 3. The van der Waals surface area contributed by atoms with Crippen molar-refractivity contribution in [3.8, 4) is 0 Å². The Labute approximate surface area is 148 Å². The van der Waals surface area contributed by atoms with Crippen LogP contribution in [0.5, 0.6) is 0 Å². The molecular weight excluding hydrogens is 320 g/mol. The molecule has 130 valence electrons. The van der Waals surface area contributed by atoms with Gasteiger partial charge in [-0.1, -0.05) is 25.8 Å². The molecule has 0 spiro atoms. The van der Waals surface area contributed by atoms with Gasteiger partial charge in [0.05, 0.1) is 5.92 Å². The molecule has 3 rings (SSSR count). The van der Waals surface area contributed by atoms with Crippen molar-refractivity contribution in [3.05, 3.63) is 24.3 Å². The van der Waals surface area contributed by atoms with Crippen LogP contribution in [0.4, 0.5) is 5.69 Å². The molecule has 1 saturated heterocycles. The first-order chi connectivity index (χ1) is 11.6. The Hall–Kier alpha value is -1.49. The lowest BCUT2D eigenvalue weighted by atomic mass is 9.85. The number of carbonyl (C=O) groups excluding carboxylic acids is 2. The van der Waals surface area contributed by atoms with E-state index in [0.29, 0.717) is 18.9 Å². The molecule has 1 aromatic rings. The molecule has 0 bridgehead atoms. The van der Waals surface area contributed by atoms with E-state index in [1.54, 1.807) is 16.7 Å². The summed E-state index contributed by atoms with van der Waals surface area (Å²) in [4.78, 5) is 27.9. The Kier molecular flexibility index (Phi) is 5.49. The second-order valence-electron chi connectivity index (χ2n) is 6.98. The first kappa shape index (κ1) is 17.3. The summed E-state index contributed by atoms with van der Waals surface area (Å²) < 4.78 is 0. The van der Waals surface area contributed by atoms with Crippen molar-refractivity contribution in [2.75, 3.05) is 17.7 Å². The SMILES string of the molecule is CSc1cccc(N2C[C@H](C(=O)N[C@H]3CCCC[C@H]3C)CC2=O)c1. The first-order valence-electron chi connectivity index (χ1n) is 8.83. The molecule has 1 saturated carbocycles. The van der Waals surface area contributed by atoms with E-state index in [9.17, 15) is 9.59 Å². The average Bonchev–Trinajstić information content (AvgIpc) is 2.99. The standard InChI is InChI=1S/C19H26N2O2S/c1-13-6-3-4-9-17(13)20-19(23)14-10-18(22)21(12-14)15-7-5-8-16(11-15)24-2/h5,7-8,11,13-14,17H,3-4,6,9-10,12H2,1-2H3,(H,20,23)/t13-,14-,17+/m1/s1. The fourth-order valence-corrected chi connectivity index (χ4v) is 4.20. The molecule has 2 amide bonds. The Morgan fingerprint density at radius 1 is 1.29 bits per heavy atom. The predicted octanol–water partition coefficient (Wildman–Crippen LogP) is 3.46. The largest absolute Gasteiger partial charge is 0.353 e. The highest BCUT2D eigenvalue weighted by atomic mass is 32.2. The zero-order valence-corrected chi connectivity index (χ0v) is 15.3. The van der Waals surface area contributed by atoms with E-state index < -0.39 is 0 Å². The molecule has 3 atom stereocenters. The molecule has 0 aromatic heterocycles. The Bertz CT molecular complexity index is 619. The van der Waals surface area contributed by atoms with Crippen LogP contribution in [0, 0.1) is 11.8 Å². The van der Waals surface area contributed by atoms with Crippen LogP contribution in [0.15, 0.2) is 29.2 Å². The summed E-state index contributed by atoms with van der Waals surface area (Å²) in [5.74, 6) is 0.398. The van der Waals surface area contributed by atoms with Gasteiger partial charge in [0.2, 0.25) is 11.8 Å². The molecule has 2 aliphatic rings. The molecule has 24 heavy (non-hydrogen) atoms. The van der Waals surface area contributed by atoms with Crippen LogP contribution >= 0.6 is 11.8 Å². The normalized spacial score (nSPS) is 27.3. The summed E-state index contributed by atoms with van der Waals surface area (Å²) in [6.45, 7) is 2.70. The van der Waals surface area contributed by atoms with E-state index in [0.717, 1.165) is 17.0 Å². The number of hydrogen-bond donors (Lipinski definition) is 1. The summed E-state index contributed by atoms with van der Waals surface area (Å²) in [5.41, 5.74) is 0.896. The van der Waals surface area contributed by atoms with Gasteiger partial charge >= 0.3 is 0 Å². The molecule has 1 aromatic carbocycles. The highest BCUT2D eigenvalue weighted by molar-refractivity contribution is 7.98. The van der Waals surface area contributed by atoms with Gasteiger partial charge in [0, 0.05) is 29.6 Å². The second-order valence-corrected chi connectivity index (χ2v) is 7.86. The van der Waals surface area contributed by atoms with Gasteiger partial charge in [-0.3, -0.25) is 9.59 Å². The lowest BCUT2D eigenvalue weighted by molar-refractivity contribution is -0.127. The lowest BCUT2D eigenvalue weighted by Gasteiger charge is -2.30. The van der Waals surface area contributed by atoms with Crippen LogP contribution in [-0.4, -0.2) is 30.7 Å². The van der Waals surface area contributed by atoms with E-state index in [2.05, 4.69) is 12.2 Å².